The molecule has 3 rings (SSSR count). The summed E-state index contributed by atoms with van der Waals surface area (Å²) in [6.07, 6.45) is 1.69. The van der Waals surface area contributed by atoms with E-state index in [1.165, 1.54) is 0 Å². The van der Waals surface area contributed by atoms with E-state index in [1.54, 1.807) is 6.07 Å². The van der Waals surface area contributed by atoms with Gasteiger partial charge in [0.2, 0.25) is 0 Å². The van der Waals surface area contributed by atoms with Crippen LogP contribution in [0.1, 0.15) is 48.9 Å². The van der Waals surface area contributed by atoms with E-state index < -0.39 is 6.10 Å². The molecule has 2 N–H and O–H groups in total. The van der Waals surface area contributed by atoms with Crippen molar-refractivity contribution in [2.24, 2.45) is 0 Å². The highest BCUT2D eigenvalue weighted by Gasteiger charge is 2.34. The largest absolute Gasteiger partial charge is 0.390 e. The monoisotopic (exact) mass is 279 g/mol. The van der Waals surface area contributed by atoms with E-state index in [1.807, 2.05) is 0 Å². The van der Waals surface area contributed by atoms with Gasteiger partial charge < -0.3 is 14.9 Å². The molecular formula is C14H21N3O3. The minimum absolute atomic E-state index is 0.244. The second kappa shape index (κ2) is 5.18. The zero-order valence-corrected chi connectivity index (χ0v) is 11.9. The van der Waals surface area contributed by atoms with Crippen molar-refractivity contribution in [1.82, 2.24) is 15.4 Å². The van der Waals surface area contributed by atoms with Crippen LogP contribution >= 0.6 is 0 Å². The second-order valence-corrected chi connectivity index (χ2v) is 6.08. The Morgan fingerprint density at radius 3 is 2.85 bits per heavy atom. The van der Waals surface area contributed by atoms with Gasteiger partial charge in [-0.1, -0.05) is 5.16 Å². The van der Waals surface area contributed by atoms with Crippen LogP contribution in [0, 0.1) is 0 Å². The maximum absolute atomic E-state index is 12.1. The molecular weight excluding hydrogens is 258 g/mol. The number of aliphatic hydroxyl groups excluding tert-OH is 1. The molecule has 2 fully saturated rings. The molecule has 1 aliphatic carbocycles. The van der Waals surface area contributed by atoms with E-state index in [2.05, 4.69) is 29.2 Å². The van der Waals surface area contributed by atoms with E-state index in [0.29, 0.717) is 30.7 Å². The first-order chi connectivity index (χ1) is 9.54. The molecule has 110 valence electrons. The summed E-state index contributed by atoms with van der Waals surface area (Å²) >= 11 is 0. The van der Waals surface area contributed by atoms with Gasteiger partial charge in [-0.05, 0) is 26.7 Å². The van der Waals surface area contributed by atoms with Gasteiger partial charge in [-0.15, -0.1) is 0 Å². The quantitative estimate of drug-likeness (QED) is 0.849. The molecule has 2 unspecified atom stereocenters. The van der Waals surface area contributed by atoms with E-state index in [-0.39, 0.29) is 11.9 Å². The number of nitrogens with one attached hydrogen (secondary N) is 1. The van der Waals surface area contributed by atoms with Gasteiger partial charge in [0, 0.05) is 31.1 Å². The number of aliphatic hydroxyl groups is 1. The van der Waals surface area contributed by atoms with E-state index in [0.717, 1.165) is 18.6 Å². The summed E-state index contributed by atoms with van der Waals surface area (Å²) in [5.74, 6) is 0.971. The lowest BCUT2D eigenvalue weighted by Crippen LogP contribution is -2.43. The van der Waals surface area contributed by atoms with Crippen molar-refractivity contribution in [1.29, 1.82) is 0 Å². The number of nitrogens with zero attached hydrogens (tertiary/aromatic N) is 2. The minimum Gasteiger partial charge on any atom is -0.390 e. The highest BCUT2D eigenvalue weighted by atomic mass is 16.5. The van der Waals surface area contributed by atoms with Crippen molar-refractivity contribution in [3.05, 3.63) is 17.5 Å². The molecule has 1 aliphatic heterocycles. The number of β-amino-alcohol motifs (C(OH)–C–C–N with tert-alkyl or cyclic N) is 1. The lowest BCUT2D eigenvalue weighted by Gasteiger charge is -2.19. The summed E-state index contributed by atoms with van der Waals surface area (Å²) in [7, 11) is 0. The van der Waals surface area contributed by atoms with E-state index in [9.17, 15) is 9.90 Å². The summed E-state index contributed by atoms with van der Waals surface area (Å²) in [4.78, 5) is 14.3. The fourth-order valence-electron chi connectivity index (χ4n) is 2.58. The highest BCUT2D eigenvalue weighted by molar-refractivity contribution is 5.92. The Labute approximate surface area is 118 Å². The maximum Gasteiger partial charge on any atom is 0.273 e. The van der Waals surface area contributed by atoms with Crippen LogP contribution < -0.4 is 5.32 Å². The standard InChI is InChI=1S/C14H21N3O3/c1-8(2)17-6-11(12(18)7-17)15-14(19)10-5-13(20-16-10)9-3-4-9/h5,8-9,11-12,18H,3-4,6-7H2,1-2H3,(H,15,19). The Morgan fingerprint density at radius 1 is 1.50 bits per heavy atom. The van der Waals surface area contributed by atoms with Crippen LogP contribution in [0.4, 0.5) is 0 Å². The molecule has 2 atom stereocenters. The second-order valence-electron chi connectivity index (χ2n) is 6.08. The van der Waals surface area contributed by atoms with Gasteiger partial charge in [0.25, 0.3) is 5.91 Å². The number of hydrogen-bond donors (Lipinski definition) is 2. The van der Waals surface area contributed by atoms with Gasteiger partial charge in [0.1, 0.15) is 5.76 Å². The molecule has 6 heteroatoms. The van der Waals surface area contributed by atoms with Crippen molar-refractivity contribution >= 4 is 5.91 Å². The molecule has 6 nitrogen and oxygen atoms in total. The fraction of sp³-hybridized carbons (Fsp3) is 0.714. The molecule has 0 spiro atoms. The van der Waals surface area contributed by atoms with Crippen molar-refractivity contribution in [3.8, 4) is 0 Å². The van der Waals surface area contributed by atoms with Crippen LogP contribution in [0.3, 0.4) is 0 Å². The van der Waals surface area contributed by atoms with Crippen molar-refractivity contribution in [2.75, 3.05) is 13.1 Å². The van der Waals surface area contributed by atoms with Crippen LogP contribution in [0.5, 0.6) is 0 Å². The third-order valence-corrected chi connectivity index (χ3v) is 4.10. The number of carbonyl (C=O) groups is 1. The number of amides is 1. The molecule has 1 saturated carbocycles. The Kier molecular flexibility index (Phi) is 3.52. The zero-order chi connectivity index (χ0) is 14.3. The Hall–Kier alpha value is -1.40. The molecule has 2 aliphatic rings. The normalized spacial score (nSPS) is 27.2. The molecule has 1 aromatic rings. The average Bonchev–Trinajstić information content (AvgIpc) is 3.01. The molecule has 0 radical (unpaired) electrons. The molecule has 1 amide bonds. The number of rotatable bonds is 4. The highest BCUT2D eigenvalue weighted by Crippen LogP contribution is 2.40. The Morgan fingerprint density at radius 2 is 2.25 bits per heavy atom. The Bertz CT molecular complexity index is 496. The van der Waals surface area contributed by atoms with Crippen LogP contribution in [0.15, 0.2) is 10.6 Å². The number of aromatic nitrogens is 1. The predicted octanol–water partition coefficient (Wildman–Crippen LogP) is 0.735. The van der Waals surface area contributed by atoms with Crippen molar-refractivity contribution in [2.45, 2.75) is 50.8 Å². The SMILES string of the molecule is CC(C)N1CC(O)C(NC(=O)c2cc(C3CC3)on2)C1. The first-order valence-electron chi connectivity index (χ1n) is 7.24. The van der Waals surface area contributed by atoms with Crippen LogP contribution in [-0.2, 0) is 0 Å². The first kappa shape index (κ1) is 13.6. The number of likely N-dealkylation sites (tertiary alicyclic amines) is 1. The molecule has 1 aromatic heterocycles. The third-order valence-electron chi connectivity index (χ3n) is 4.10. The molecule has 2 heterocycles. The summed E-state index contributed by atoms with van der Waals surface area (Å²) in [5.41, 5.74) is 0.307. The topological polar surface area (TPSA) is 78.6 Å². The Balaban J connectivity index is 1.60. The number of hydrogen-bond acceptors (Lipinski definition) is 5. The summed E-state index contributed by atoms with van der Waals surface area (Å²) in [6, 6.07) is 1.83. The minimum atomic E-state index is -0.531. The van der Waals surface area contributed by atoms with Crippen LogP contribution in [-0.4, -0.2) is 52.3 Å². The summed E-state index contributed by atoms with van der Waals surface area (Å²) < 4.78 is 5.18. The van der Waals surface area contributed by atoms with Crippen molar-refractivity contribution < 1.29 is 14.4 Å². The van der Waals surface area contributed by atoms with Gasteiger partial charge in [-0.2, -0.15) is 0 Å². The third kappa shape index (κ3) is 2.71. The lowest BCUT2D eigenvalue weighted by atomic mass is 10.2. The van der Waals surface area contributed by atoms with Gasteiger partial charge in [0.15, 0.2) is 5.69 Å². The molecule has 0 bridgehead atoms. The van der Waals surface area contributed by atoms with Crippen LogP contribution in [0.2, 0.25) is 0 Å². The van der Waals surface area contributed by atoms with E-state index in [4.69, 9.17) is 4.52 Å². The molecule has 1 saturated heterocycles. The summed E-state index contributed by atoms with van der Waals surface area (Å²) in [5, 5.41) is 16.7. The van der Waals surface area contributed by atoms with Crippen LogP contribution in [0.25, 0.3) is 0 Å². The lowest BCUT2D eigenvalue weighted by molar-refractivity contribution is 0.0879. The predicted molar refractivity (Wildman–Crippen MR) is 72.4 cm³/mol. The summed E-state index contributed by atoms with van der Waals surface area (Å²) in [6.45, 7) is 5.42. The zero-order valence-electron chi connectivity index (χ0n) is 11.9. The maximum atomic E-state index is 12.1. The number of carbonyl (C=O) groups excluding carboxylic acids is 1. The van der Waals surface area contributed by atoms with Gasteiger partial charge in [0.05, 0.1) is 12.1 Å². The molecule has 0 aromatic carbocycles. The molecule has 20 heavy (non-hydrogen) atoms. The van der Waals surface area contributed by atoms with Crippen molar-refractivity contribution in [3.63, 3.8) is 0 Å². The van der Waals surface area contributed by atoms with E-state index >= 15 is 0 Å². The van der Waals surface area contributed by atoms with Gasteiger partial charge >= 0.3 is 0 Å². The van der Waals surface area contributed by atoms with Gasteiger partial charge in [-0.3, -0.25) is 9.69 Å². The smallest absolute Gasteiger partial charge is 0.273 e. The van der Waals surface area contributed by atoms with Gasteiger partial charge in [-0.25, -0.2) is 0 Å². The average molecular weight is 279 g/mol. The first-order valence-corrected chi connectivity index (χ1v) is 7.24. The fourth-order valence-corrected chi connectivity index (χ4v) is 2.58.